The number of nitrogens with two attached hydrogens (primary N) is 1. The Hall–Kier alpha value is -2.20. The number of carbonyl (C=O) groups excluding carboxylic acids is 1. The van der Waals surface area contributed by atoms with Gasteiger partial charge in [0.25, 0.3) is 0 Å². The number of likely N-dealkylation sites (tertiary alicyclic amines) is 1. The Kier molecular flexibility index (Phi) is 6.29. The molecule has 2 fully saturated rings. The van der Waals surface area contributed by atoms with Gasteiger partial charge in [-0.1, -0.05) is 48.4 Å². The van der Waals surface area contributed by atoms with E-state index in [1.807, 2.05) is 35.2 Å². The van der Waals surface area contributed by atoms with Crippen molar-refractivity contribution in [2.24, 2.45) is 5.92 Å². The number of halogens is 1. The Labute approximate surface area is 178 Å². The van der Waals surface area contributed by atoms with Gasteiger partial charge in [-0.15, -0.1) is 0 Å². The van der Waals surface area contributed by atoms with E-state index in [-0.39, 0.29) is 5.91 Å². The van der Waals surface area contributed by atoms with E-state index in [2.05, 4.69) is 23.1 Å². The summed E-state index contributed by atoms with van der Waals surface area (Å²) in [5, 5.41) is 0.606. The molecular formula is C24H30ClN3O. The number of benzene rings is 2. The average molecular weight is 412 g/mol. The molecule has 1 aliphatic carbocycles. The molecule has 5 heteroatoms. The third-order valence-electron chi connectivity index (χ3n) is 6.42. The number of carbonyl (C=O) groups is 1. The molecule has 1 amide bonds. The second kappa shape index (κ2) is 9.08. The van der Waals surface area contributed by atoms with Gasteiger partial charge in [0.05, 0.1) is 10.7 Å². The van der Waals surface area contributed by atoms with Crippen molar-refractivity contribution in [2.45, 2.75) is 44.6 Å². The van der Waals surface area contributed by atoms with Gasteiger partial charge in [-0.2, -0.15) is 0 Å². The van der Waals surface area contributed by atoms with Gasteiger partial charge in [-0.3, -0.25) is 4.79 Å². The number of hydrogen-bond donors (Lipinski definition) is 1. The predicted octanol–water partition coefficient (Wildman–Crippen LogP) is 4.76. The van der Waals surface area contributed by atoms with Crippen LogP contribution in [0.25, 0.3) is 0 Å². The number of amides is 1. The molecule has 0 aromatic heterocycles. The highest BCUT2D eigenvalue weighted by molar-refractivity contribution is 6.33. The highest BCUT2D eigenvalue weighted by Gasteiger charge is 2.32. The maximum atomic E-state index is 12.8. The summed E-state index contributed by atoms with van der Waals surface area (Å²) in [6, 6.07) is 16.5. The minimum absolute atomic E-state index is 0.260. The molecule has 2 aromatic rings. The molecule has 2 aliphatic rings. The lowest BCUT2D eigenvalue weighted by Gasteiger charge is -2.37. The third-order valence-corrected chi connectivity index (χ3v) is 6.75. The Morgan fingerprint density at radius 2 is 1.93 bits per heavy atom. The zero-order valence-corrected chi connectivity index (χ0v) is 17.7. The molecule has 4 nitrogen and oxygen atoms in total. The van der Waals surface area contributed by atoms with Gasteiger partial charge in [-0.25, -0.2) is 0 Å². The third kappa shape index (κ3) is 4.87. The van der Waals surface area contributed by atoms with Crippen LogP contribution < -0.4 is 10.6 Å². The summed E-state index contributed by atoms with van der Waals surface area (Å²) in [6.07, 6.45) is 6.31. The van der Waals surface area contributed by atoms with Gasteiger partial charge in [0.2, 0.25) is 5.91 Å². The van der Waals surface area contributed by atoms with E-state index >= 15 is 0 Å². The summed E-state index contributed by atoms with van der Waals surface area (Å²) in [7, 11) is 0. The van der Waals surface area contributed by atoms with Crippen molar-refractivity contribution in [3.8, 4) is 0 Å². The Bertz CT molecular complexity index is 837. The van der Waals surface area contributed by atoms with Gasteiger partial charge >= 0.3 is 0 Å². The number of hydrogen-bond acceptors (Lipinski definition) is 3. The summed E-state index contributed by atoms with van der Waals surface area (Å²) < 4.78 is 0. The molecule has 1 aliphatic heterocycles. The van der Waals surface area contributed by atoms with Crippen molar-refractivity contribution in [3.05, 3.63) is 59.1 Å². The number of nitrogen functional groups attached to an aromatic ring is 1. The highest BCUT2D eigenvalue weighted by atomic mass is 35.5. The van der Waals surface area contributed by atoms with Crippen LogP contribution in [0.3, 0.4) is 0 Å². The minimum Gasteiger partial charge on any atom is -0.398 e. The maximum Gasteiger partial charge on any atom is 0.222 e. The fourth-order valence-electron chi connectivity index (χ4n) is 4.39. The first-order valence-corrected chi connectivity index (χ1v) is 11.1. The summed E-state index contributed by atoms with van der Waals surface area (Å²) in [5.41, 5.74) is 8.88. The number of nitrogens with zero attached hydrogens (tertiary/aromatic N) is 2. The molecule has 1 unspecified atom stereocenters. The van der Waals surface area contributed by atoms with Gasteiger partial charge in [0.15, 0.2) is 0 Å². The second-order valence-electron chi connectivity index (χ2n) is 8.42. The summed E-state index contributed by atoms with van der Waals surface area (Å²) in [6.45, 7) is 2.67. The minimum atomic E-state index is 0.260. The molecule has 29 heavy (non-hydrogen) atoms. The summed E-state index contributed by atoms with van der Waals surface area (Å²) in [5.74, 6) is 1.00. The summed E-state index contributed by atoms with van der Waals surface area (Å²) >= 11 is 6.31. The number of rotatable bonds is 7. The van der Waals surface area contributed by atoms with Crippen LogP contribution in [0.1, 0.15) is 37.7 Å². The first kappa shape index (κ1) is 20.1. The Morgan fingerprint density at radius 3 is 2.62 bits per heavy atom. The molecule has 1 heterocycles. The molecule has 1 saturated heterocycles. The molecule has 154 valence electrons. The van der Waals surface area contributed by atoms with Crippen molar-refractivity contribution in [2.75, 3.05) is 30.3 Å². The van der Waals surface area contributed by atoms with Crippen LogP contribution >= 0.6 is 11.6 Å². The first-order chi connectivity index (χ1) is 14.1. The molecule has 0 spiro atoms. The van der Waals surface area contributed by atoms with Crippen LogP contribution in [0, 0.1) is 5.92 Å². The molecule has 0 radical (unpaired) electrons. The van der Waals surface area contributed by atoms with Crippen LogP contribution in [0.4, 0.5) is 11.4 Å². The van der Waals surface area contributed by atoms with E-state index < -0.39 is 0 Å². The van der Waals surface area contributed by atoms with E-state index in [9.17, 15) is 4.79 Å². The van der Waals surface area contributed by atoms with Gasteiger partial charge in [0.1, 0.15) is 0 Å². The molecule has 2 N–H and O–H groups in total. The SMILES string of the molecule is Nc1ccc(N(CC2CCC2)C2CCN(C(=O)CCc3ccccc3)C2)cc1Cl. The van der Waals surface area contributed by atoms with Crippen molar-refractivity contribution in [3.63, 3.8) is 0 Å². The normalized spacial score (nSPS) is 19.2. The van der Waals surface area contributed by atoms with Crippen LogP contribution in [0.2, 0.25) is 5.02 Å². The number of aryl methyl sites for hydroxylation is 1. The van der Waals surface area contributed by atoms with E-state index in [4.69, 9.17) is 17.3 Å². The fourth-order valence-corrected chi connectivity index (χ4v) is 4.57. The lowest BCUT2D eigenvalue weighted by molar-refractivity contribution is -0.130. The van der Waals surface area contributed by atoms with Crippen molar-refractivity contribution in [1.29, 1.82) is 0 Å². The highest BCUT2D eigenvalue weighted by Crippen LogP contribution is 2.34. The standard InChI is InChI=1S/C24H30ClN3O/c25-22-15-20(10-11-23(22)26)28(16-19-7-4-8-19)21-13-14-27(17-21)24(29)12-9-18-5-2-1-3-6-18/h1-3,5-6,10-11,15,19,21H,4,7-9,12-14,16-17,26H2. The van der Waals surface area contributed by atoms with E-state index in [0.29, 0.717) is 23.2 Å². The van der Waals surface area contributed by atoms with Crippen molar-refractivity contribution < 1.29 is 4.79 Å². The predicted molar refractivity (Wildman–Crippen MR) is 120 cm³/mol. The average Bonchev–Trinajstić information content (AvgIpc) is 3.18. The Balaban J connectivity index is 1.40. The van der Waals surface area contributed by atoms with E-state index in [1.54, 1.807) is 0 Å². The van der Waals surface area contributed by atoms with Crippen LogP contribution in [0.5, 0.6) is 0 Å². The molecular weight excluding hydrogens is 382 g/mol. The van der Waals surface area contributed by atoms with Gasteiger partial charge < -0.3 is 15.5 Å². The lowest BCUT2D eigenvalue weighted by Crippen LogP contribution is -2.43. The topological polar surface area (TPSA) is 49.6 Å². The van der Waals surface area contributed by atoms with E-state index in [1.165, 1.54) is 24.8 Å². The molecule has 2 aromatic carbocycles. The van der Waals surface area contributed by atoms with Gasteiger partial charge in [0, 0.05) is 37.8 Å². The van der Waals surface area contributed by atoms with Gasteiger partial charge in [-0.05, 0) is 55.4 Å². The monoisotopic (exact) mass is 411 g/mol. The maximum absolute atomic E-state index is 12.8. The molecule has 0 bridgehead atoms. The van der Waals surface area contributed by atoms with Crippen LogP contribution in [0.15, 0.2) is 48.5 Å². The lowest BCUT2D eigenvalue weighted by atomic mass is 9.84. The Morgan fingerprint density at radius 1 is 1.14 bits per heavy atom. The number of anilines is 2. The van der Waals surface area contributed by atoms with Crippen LogP contribution in [-0.4, -0.2) is 36.5 Å². The summed E-state index contributed by atoms with van der Waals surface area (Å²) in [4.78, 5) is 17.3. The zero-order chi connectivity index (χ0) is 20.2. The molecule has 1 atom stereocenters. The smallest absolute Gasteiger partial charge is 0.222 e. The fraction of sp³-hybridized carbons (Fsp3) is 0.458. The van der Waals surface area contributed by atoms with Crippen LogP contribution in [-0.2, 0) is 11.2 Å². The van der Waals surface area contributed by atoms with E-state index in [0.717, 1.165) is 44.1 Å². The molecule has 1 saturated carbocycles. The van der Waals surface area contributed by atoms with Crippen molar-refractivity contribution >= 4 is 28.9 Å². The largest absolute Gasteiger partial charge is 0.398 e. The first-order valence-electron chi connectivity index (χ1n) is 10.7. The second-order valence-corrected chi connectivity index (χ2v) is 8.83. The quantitative estimate of drug-likeness (QED) is 0.668. The van der Waals surface area contributed by atoms with Crippen molar-refractivity contribution in [1.82, 2.24) is 4.90 Å². The zero-order valence-electron chi connectivity index (χ0n) is 16.9. The molecule has 4 rings (SSSR count).